The molecule has 2 heteroatoms. The molecule has 0 heterocycles. The van der Waals surface area contributed by atoms with Gasteiger partial charge in [-0.25, -0.2) is 4.39 Å². The molecule has 0 fully saturated rings. The second-order valence-electron chi connectivity index (χ2n) is 2.35. The van der Waals surface area contributed by atoms with Gasteiger partial charge in [0.25, 0.3) is 0 Å². The van der Waals surface area contributed by atoms with Crippen LogP contribution in [-0.2, 0) is 0 Å². The molecule has 1 aromatic rings. The Kier molecular flexibility index (Phi) is 2.66. The minimum absolute atomic E-state index is 0.227. The lowest BCUT2D eigenvalue weighted by Crippen LogP contribution is -1.79. The van der Waals surface area contributed by atoms with Gasteiger partial charge in [0.05, 0.1) is 0 Å². The first-order valence-electron chi connectivity index (χ1n) is 3.26. The van der Waals surface area contributed by atoms with Crippen molar-refractivity contribution < 1.29 is 4.39 Å². The molecule has 0 aliphatic carbocycles. The first-order chi connectivity index (χ1) is 5.22. The van der Waals surface area contributed by atoms with Gasteiger partial charge in [-0.3, -0.25) is 0 Å². The van der Waals surface area contributed by atoms with E-state index in [-0.39, 0.29) is 5.82 Å². The number of aryl methyl sites for hydroxylation is 1. The van der Waals surface area contributed by atoms with E-state index in [1.54, 1.807) is 6.08 Å². The van der Waals surface area contributed by atoms with E-state index in [4.69, 9.17) is 11.6 Å². The largest absolute Gasteiger partial charge is 0.207 e. The van der Waals surface area contributed by atoms with Crippen LogP contribution in [0.2, 0.25) is 0 Å². The summed E-state index contributed by atoms with van der Waals surface area (Å²) in [4.78, 5) is 0. The van der Waals surface area contributed by atoms with Gasteiger partial charge in [-0.15, -0.1) is 0 Å². The van der Waals surface area contributed by atoms with Gasteiger partial charge in [0, 0.05) is 5.54 Å². The van der Waals surface area contributed by atoms with E-state index in [9.17, 15) is 4.39 Å². The second kappa shape index (κ2) is 3.54. The average Bonchev–Trinajstić information content (AvgIpc) is 1.85. The van der Waals surface area contributed by atoms with Crippen LogP contribution in [0, 0.1) is 12.7 Å². The van der Waals surface area contributed by atoms with E-state index in [0.717, 1.165) is 11.1 Å². The van der Waals surface area contributed by atoms with E-state index >= 15 is 0 Å². The molecule has 0 unspecified atom stereocenters. The van der Waals surface area contributed by atoms with Crippen LogP contribution >= 0.6 is 11.6 Å². The fraction of sp³-hybridized carbons (Fsp3) is 0.111. The molecule has 0 saturated carbocycles. The lowest BCUT2D eigenvalue weighted by atomic mass is 10.1. The first kappa shape index (κ1) is 8.28. The summed E-state index contributed by atoms with van der Waals surface area (Å²) in [5, 5.41) is 0. The molecule has 0 bridgehead atoms. The summed E-state index contributed by atoms with van der Waals surface area (Å²) in [6.45, 7) is 1.84. The Morgan fingerprint density at radius 2 is 2.09 bits per heavy atom. The fourth-order valence-electron chi connectivity index (χ4n) is 0.934. The lowest BCUT2D eigenvalue weighted by molar-refractivity contribution is 0.626. The van der Waals surface area contributed by atoms with Crippen LogP contribution in [0.25, 0.3) is 6.08 Å². The monoisotopic (exact) mass is 170 g/mol. The van der Waals surface area contributed by atoms with Gasteiger partial charge in [0.1, 0.15) is 5.82 Å². The number of benzene rings is 1. The molecule has 1 rings (SSSR count). The smallest absolute Gasteiger partial charge is 0.124 e. The van der Waals surface area contributed by atoms with Gasteiger partial charge >= 0.3 is 0 Å². The number of hydrogen-bond acceptors (Lipinski definition) is 0. The van der Waals surface area contributed by atoms with Gasteiger partial charge < -0.3 is 0 Å². The third kappa shape index (κ3) is 2.35. The van der Waals surface area contributed by atoms with Crippen molar-refractivity contribution in [2.75, 3.05) is 0 Å². The SMILES string of the molecule is Cc1cc(F)cc(/C=C/Cl)c1. The third-order valence-corrected chi connectivity index (χ3v) is 1.45. The Bertz CT molecular complexity index is 259. The highest BCUT2D eigenvalue weighted by Gasteiger charge is 1.93. The number of halogens is 2. The van der Waals surface area contributed by atoms with Crippen LogP contribution in [0.15, 0.2) is 23.7 Å². The maximum Gasteiger partial charge on any atom is 0.124 e. The fourth-order valence-corrected chi connectivity index (χ4v) is 1.08. The zero-order valence-corrected chi connectivity index (χ0v) is 6.90. The van der Waals surface area contributed by atoms with Crippen LogP contribution in [-0.4, -0.2) is 0 Å². The van der Waals surface area contributed by atoms with E-state index in [2.05, 4.69) is 0 Å². The first-order valence-corrected chi connectivity index (χ1v) is 3.70. The molecule has 0 aliphatic rings. The van der Waals surface area contributed by atoms with Crippen molar-refractivity contribution in [1.82, 2.24) is 0 Å². The summed E-state index contributed by atoms with van der Waals surface area (Å²) in [6, 6.07) is 4.78. The van der Waals surface area contributed by atoms with Crippen molar-refractivity contribution in [3.05, 3.63) is 40.7 Å². The average molecular weight is 171 g/mol. The molecule has 0 amide bonds. The van der Waals surface area contributed by atoms with Crippen LogP contribution in [0.4, 0.5) is 4.39 Å². The summed E-state index contributed by atoms with van der Waals surface area (Å²) in [6.07, 6.45) is 1.65. The summed E-state index contributed by atoms with van der Waals surface area (Å²) < 4.78 is 12.7. The Morgan fingerprint density at radius 3 is 2.64 bits per heavy atom. The maximum absolute atomic E-state index is 12.7. The van der Waals surface area contributed by atoms with Crippen LogP contribution in [0.1, 0.15) is 11.1 Å². The summed E-state index contributed by atoms with van der Waals surface area (Å²) >= 11 is 5.34. The summed E-state index contributed by atoms with van der Waals surface area (Å²) in [5.41, 5.74) is 3.06. The van der Waals surface area contributed by atoms with Gasteiger partial charge in [-0.05, 0) is 36.3 Å². The van der Waals surface area contributed by atoms with Crippen molar-refractivity contribution >= 4 is 17.7 Å². The highest BCUT2D eigenvalue weighted by molar-refractivity contribution is 6.27. The predicted octanol–water partition coefficient (Wildman–Crippen LogP) is 3.34. The molecule has 0 radical (unpaired) electrons. The van der Waals surface area contributed by atoms with Gasteiger partial charge in [-0.2, -0.15) is 0 Å². The molecule has 11 heavy (non-hydrogen) atoms. The van der Waals surface area contributed by atoms with E-state index in [1.165, 1.54) is 17.7 Å². The molecule has 0 nitrogen and oxygen atoms in total. The Balaban J connectivity index is 3.08. The maximum atomic E-state index is 12.7. The number of hydrogen-bond donors (Lipinski definition) is 0. The molecule has 1 aromatic carbocycles. The van der Waals surface area contributed by atoms with Crippen LogP contribution in [0.3, 0.4) is 0 Å². The zero-order valence-electron chi connectivity index (χ0n) is 6.14. The molecule has 58 valence electrons. The minimum Gasteiger partial charge on any atom is -0.207 e. The third-order valence-electron chi connectivity index (χ3n) is 1.32. The minimum atomic E-state index is -0.227. The summed E-state index contributed by atoms with van der Waals surface area (Å²) in [5.74, 6) is -0.227. The number of rotatable bonds is 1. The Morgan fingerprint density at radius 1 is 1.36 bits per heavy atom. The van der Waals surface area contributed by atoms with Crippen molar-refractivity contribution in [1.29, 1.82) is 0 Å². The van der Waals surface area contributed by atoms with E-state index in [0.29, 0.717) is 0 Å². The van der Waals surface area contributed by atoms with Gasteiger partial charge in [0.2, 0.25) is 0 Å². The van der Waals surface area contributed by atoms with Crippen LogP contribution < -0.4 is 0 Å². The molecule has 0 aliphatic heterocycles. The molecule has 0 atom stereocenters. The molecule has 0 saturated heterocycles. The summed E-state index contributed by atoms with van der Waals surface area (Å²) in [7, 11) is 0. The highest BCUT2D eigenvalue weighted by atomic mass is 35.5. The Labute approximate surface area is 70.3 Å². The van der Waals surface area contributed by atoms with Crippen molar-refractivity contribution in [2.24, 2.45) is 0 Å². The van der Waals surface area contributed by atoms with Crippen LogP contribution in [0.5, 0.6) is 0 Å². The van der Waals surface area contributed by atoms with Crippen molar-refractivity contribution in [3.63, 3.8) is 0 Å². The molecular weight excluding hydrogens is 163 g/mol. The molecule has 0 N–H and O–H groups in total. The quantitative estimate of drug-likeness (QED) is 0.607. The zero-order chi connectivity index (χ0) is 8.27. The Hall–Kier alpha value is -0.820. The normalized spacial score (nSPS) is 10.8. The second-order valence-corrected chi connectivity index (χ2v) is 2.61. The van der Waals surface area contributed by atoms with E-state index in [1.807, 2.05) is 13.0 Å². The molecule has 0 spiro atoms. The van der Waals surface area contributed by atoms with E-state index < -0.39 is 0 Å². The topological polar surface area (TPSA) is 0 Å². The van der Waals surface area contributed by atoms with Gasteiger partial charge in [-0.1, -0.05) is 17.7 Å². The van der Waals surface area contributed by atoms with Crippen molar-refractivity contribution in [2.45, 2.75) is 6.92 Å². The predicted molar refractivity (Wildman–Crippen MR) is 46.0 cm³/mol. The van der Waals surface area contributed by atoms with Crippen molar-refractivity contribution in [3.8, 4) is 0 Å². The van der Waals surface area contributed by atoms with Gasteiger partial charge in [0.15, 0.2) is 0 Å². The highest BCUT2D eigenvalue weighted by Crippen LogP contribution is 2.09. The molecular formula is C9H8ClF. The molecule has 0 aromatic heterocycles. The standard InChI is InChI=1S/C9H8ClF/c1-7-4-8(2-3-10)6-9(11)5-7/h2-6H,1H3/b3-2+. The lowest BCUT2D eigenvalue weighted by Gasteiger charge is -1.95.